The third-order valence-electron chi connectivity index (χ3n) is 6.27. The van der Waals surface area contributed by atoms with Crippen LogP contribution in [0.25, 0.3) is 0 Å². The van der Waals surface area contributed by atoms with Gasteiger partial charge in [0, 0.05) is 39.1 Å². The molecule has 0 spiro atoms. The van der Waals surface area contributed by atoms with Crippen molar-refractivity contribution in [3.05, 3.63) is 71.3 Å². The van der Waals surface area contributed by atoms with Crippen molar-refractivity contribution < 1.29 is 13.5 Å². The van der Waals surface area contributed by atoms with Crippen molar-refractivity contribution in [3.8, 4) is 6.07 Å². The lowest BCUT2D eigenvalue weighted by Gasteiger charge is -2.35. The van der Waals surface area contributed by atoms with Crippen molar-refractivity contribution in [2.24, 2.45) is 0 Å². The van der Waals surface area contributed by atoms with Crippen LogP contribution in [0.15, 0.2) is 48.5 Å². The quantitative estimate of drug-likeness (QED) is 0.371. The normalized spacial score (nSPS) is 15.1. The molecule has 0 unspecified atom stereocenters. The zero-order valence-electron chi connectivity index (χ0n) is 19.4. The Morgan fingerprint density at radius 2 is 1.21 bits per heavy atom. The molecule has 3 rings (SSSR count). The van der Waals surface area contributed by atoms with E-state index in [0.29, 0.717) is 13.0 Å². The summed E-state index contributed by atoms with van der Waals surface area (Å²) in [5.41, 5.74) is 1.72. The lowest BCUT2D eigenvalue weighted by molar-refractivity contribution is 0.0450. The summed E-state index contributed by atoms with van der Waals surface area (Å²) < 4.78 is 33.0. The van der Waals surface area contributed by atoms with Crippen molar-refractivity contribution in [3.63, 3.8) is 0 Å². The lowest BCUT2D eigenvalue weighted by atomic mass is 10.0. The second-order valence-corrected chi connectivity index (χ2v) is 8.71. The predicted octanol–water partition coefficient (Wildman–Crippen LogP) is 5.55. The van der Waals surface area contributed by atoms with Crippen molar-refractivity contribution in [1.82, 2.24) is 9.80 Å². The SMILES string of the molecule is N#CCCCCCCCN1CCN(CCOC(c2ccc(F)cc2)c2ccc(F)cc2)CC1. The number of hydrogen-bond acceptors (Lipinski definition) is 4. The third-order valence-corrected chi connectivity index (χ3v) is 6.27. The van der Waals surface area contributed by atoms with Gasteiger partial charge in [0.15, 0.2) is 0 Å². The number of nitrogens with zero attached hydrogens (tertiary/aromatic N) is 3. The number of ether oxygens (including phenoxy) is 1. The van der Waals surface area contributed by atoms with Crippen molar-refractivity contribution >= 4 is 0 Å². The molecule has 0 N–H and O–H groups in total. The molecule has 2 aromatic carbocycles. The fourth-order valence-electron chi connectivity index (χ4n) is 4.27. The van der Waals surface area contributed by atoms with Crippen LogP contribution >= 0.6 is 0 Å². The summed E-state index contributed by atoms with van der Waals surface area (Å²) in [6.45, 7) is 6.77. The second kappa shape index (κ2) is 14.0. The highest BCUT2D eigenvalue weighted by Gasteiger charge is 2.19. The maximum atomic E-state index is 13.4. The Bertz CT molecular complexity index is 798. The van der Waals surface area contributed by atoms with Gasteiger partial charge in [-0.05, 0) is 54.8 Å². The Morgan fingerprint density at radius 3 is 1.76 bits per heavy atom. The fraction of sp³-hybridized carbons (Fsp3) is 0.519. The maximum absolute atomic E-state index is 13.4. The van der Waals surface area contributed by atoms with E-state index in [9.17, 15) is 8.78 Å². The van der Waals surface area contributed by atoms with Crippen molar-refractivity contribution in [2.45, 2.75) is 44.6 Å². The van der Waals surface area contributed by atoms with Gasteiger partial charge in [-0.2, -0.15) is 5.26 Å². The summed E-state index contributed by atoms with van der Waals surface area (Å²) in [7, 11) is 0. The van der Waals surface area contributed by atoms with Crippen molar-refractivity contribution in [1.29, 1.82) is 5.26 Å². The van der Waals surface area contributed by atoms with Gasteiger partial charge in [0.05, 0.1) is 12.7 Å². The largest absolute Gasteiger partial charge is 0.367 e. The Balaban J connectivity index is 1.39. The Hall–Kier alpha value is -2.33. The molecule has 1 heterocycles. The first-order valence-corrected chi connectivity index (χ1v) is 12.1. The molecule has 178 valence electrons. The molecule has 33 heavy (non-hydrogen) atoms. The smallest absolute Gasteiger partial charge is 0.123 e. The average molecular weight is 456 g/mol. The summed E-state index contributed by atoms with van der Waals surface area (Å²) in [5, 5.41) is 8.57. The van der Waals surface area contributed by atoms with E-state index in [2.05, 4.69) is 15.9 Å². The monoisotopic (exact) mass is 455 g/mol. The van der Waals surface area contributed by atoms with E-state index in [4.69, 9.17) is 10.00 Å². The minimum absolute atomic E-state index is 0.284. The molecule has 0 amide bonds. The van der Waals surface area contributed by atoms with Crippen LogP contribution in [0.3, 0.4) is 0 Å². The number of unbranched alkanes of at least 4 members (excludes halogenated alkanes) is 5. The number of rotatable bonds is 13. The molecule has 6 heteroatoms. The Labute approximate surface area is 196 Å². The molecule has 0 saturated carbocycles. The molecule has 0 aliphatic carbocycles. The first kappa shape index (κ1) is 25.3. The van der Waals surface area contributed by atoms with Crippen molar-refractivity contribution in [2.75, 3.05) is 45.9 Å². The van der Waals surface area contributed by atoms with E-state index in [1.54, 1.807) is 24.3 Å². The van der Waals surface area contributed by atoms with Gasteiger partial charge in [0.25, 0.3) is 0 Å². The van der Waals surface area contributed by atoms with E-state index in [0.717, 1.165) is 63.2 Å². The lowest BCUT2D eigenvalue weighted by Crippen LogP contribution is -2.47. The van der Waals surface area contributed by atoms with Gasteiger partial charge in [0.1, 0.15) is 17.7 Å². The van der Waals surface area contributed by atoms with Gasteiger partial charge >= 0.3 is 0 Å². The van der Waals surface area contributed by atoms with Crippen LogP contribution in [0.5, 0.6) is 0 Å². The number of nitriles is 1. The van der Waals surface area contributed by atoms with E-state index in [1.807, 2.05) is 0 Å². The Morgan fingerprint density at radius 1 is 0.727 bits per heavy atom. The van der Waals surface area contributed by atoms with Crippen LogP contribution in [-0.4, -0.2) is 55.7 Å². The minimum atomic E-state index is -0.347. The van der Waals surface area contributed by atoms with Gasteiger partial charge in [-0.25, -0.2) is 8.78 Å². The summed E-state index contributed by atoms with van der Waals surface area (Å²) in [6.07, 6.45) is 6.22. The van der Waals surface area contributed by atoms with Crippen LogP contribution in [0.2, 0.25) is 0 Å². The highest BCUT2D eigenvalue weighted by atomic mass is 19.1. The molecule has 1 fully saturated rings. The van der Waals surface area contributed by atoms with Gasteiger partial charge in [-0.15, -0.1) is 0 Å². The second-order valence-electron chi connectivity index (χ2n) is 8.71. The molecule has 1 aliphatic rings. The summed E-state index contributed by atoms with van der Waals surface area (Å²) in [5.74, 6) is -0.568. The minimum Gasteiger partial charge on any atom is -0.367 e. The standard InChI is InChI=1S/C27H35F2N3O/c28-25-11-7-23(8-12-25)27(24-9-13-26(29)14-10-24)33-22-21-32-19-17-31(18-20-32)16-6-4-2-1-3-5-15-30/h7-14,27H,1-6,16-22H2. The maximum Gasteiger partial charge on any atom is 0.123 e. The van der Waals surface area contributed by atoms with E-state index >= 15 is 0 Å². The summed E-state index contributed by atoms with van der Waals surface area (Å²) >= 11 is 0. The third kappa shape index (κ3) is 8.85. The average Bonchev–Trinajstić information content (AvgIpc) is 2.84. The highest BCUT2D eigenvalue weighted by molar-refractivity contribution is 5.30. The van der Waals surface area contributed by atoms with E-state index < -0.39 is 0 Å². The number of piperazine rings is 1. The molecule has 0 atom stereocenters. The molecule has 0 bridgehead atoms. The molecule has 2 aromatic rings. The molecular formula is C27H35F2N3O. The zero-order chi connectivity index (χ0) is 23.3. The number of hydrogen-bond donors (Lipinski definition) is 0. The van der Waals surface area contributed by atoms with Crippen LogP contribution in [0.4, 0.5) is 8.78 Å². The molecule has 0 radical (unpaired) electrons. The van der Waals surface area contributed by atoms with E-state index in [1.165, 1.54) is 43.5 Å². The van der Waals surface area contributed by atoms with Gasteiger partial charge in [-0.1, -0.05) is 43.5 Å². The van der Waals surface area contributed by atoms with Crippen LogP contribution in [0.1, 0.15) is 55.8 Å². The Kier molecular flexibility index (Phi) is 10.8. The highest BCUT2D eigenvalue weighted by Crippen LogP contribution is 2.26. The zero-order valence-corrected chi connectivity index (χ0v) is 19.4. The van der Waals surface area contributed by atoms with Crippen LogP contribution in [0, 0.1) is 23.0 Å². The topological polar surface area (TPSA) is 39.5 Å². The predicted molar refractivity (Wildman–Crippen MR) is 127 cm³/mol. The molecule has 4 nitrogen and oxygen atoms in total. The molecule has 0 aromatic heterocycles. The van der Waals surface area contributed by atoms with Crippen LogP contribution in [-0.2, 0) is 4.74 Å². The molecular weight excluding hydrogens is 420 g/mol. The number of benzene rings is 2. The van der Waals surface area contributed by atoms with E-state index in [-0.39, 0.29) is 17.7 Å². The first-order chi connectivity index (χ1) is 16.2. The van der Waals surface area contributed by atoms with Gasteiger partial charge < -0.3 is 9.64 Å². The summed E-state index contributed by atoms with van der Waals surface area (Å²) in [6, 6.07) is 14.8. The van der Waals surface area contributed by atoms with Crippen LogP contribution < -0.4 is 0 Å². The molecule has 1 saturated heterocycles. The number of halogens is 2. The fourth-order valence-corrected chi connectivity index (χ4v) is 4.27. The molecule has 1 aliphatic heterocycles. The van der Waals surface area contributed by atoms with Gasteiger partial charge in [0.2, 0.25) is 0 Å². The van der Waals surface area contributed by atoms with Gasteiger partial charge in [-0.3, -0.25) is 4.90 Å². The summed E-state index contributed by atoms with van der Waals surface area (Å²) in [4.78, 5) is 4.96. The first-order valence-electron chi connectivity index (χ1n) is 12.1.